The Morgan fingerprint density at radius 2 is 0.769 bits per heavy atom. The van der Waals surface area contributed by atoms with Crippen molar-refractivity contribution in [1.29, 1.82) is 0 Å². The van der Waals surface area contributed by atoms with Gasteiger partial charge in [-0.05, 0) is 89.3 Å². The predicted molar refractivity (Wildman–Crippen MR) is 177 cm³/mol. The van der Waals surface area contributed by atoms with Crippen molar-refractivity contribution in [2.24, 2.45) is 0 Å². The van der Waals surface area contributed by atoms with Gasteiger partial charge < -0.3 is 0 Å². The summed E-state index contributed by atoms with van der Waals surface area (Å²) in [6.07, 6.45) is 1.06. The van der Waals surface area contributed by atoms with E-state index in [1.165, 1.54) is 27.8 Å². The molecule has 0 N–H and O–H groups in total. The zero-order valence-corrected chi connectivity index (χ0v) is 29.6. The molecule has 0 aliphatic carbocycles. The molecule has 0 saturated carbocycles. The maximum Gasteiger partial charge on any atom is -0.0126 e. The molecular weight excluding hydrogens is 468 g/mol. The summed E-state index contributed by atoms with van der Waals surface area (Å²) in [4.78, 5) is 0. The molecule has 2 aromatic rings. The van der Waals surface area contributed by atoms with E-state index in [9.17, 15) is 0 Å². The summed E-state index contributed by atoms with van der Waals surface area (Å²) in [5, 5.41) is 0. The van der Waals surface area contributed by atoms with E-state index in [-0.39, 0.29) is 32.5 Å². The smallest absolute Gasteiger partial charge is 0.0126 e. The second-order valence-electron chi connectivity index (χ2n) is 18.6. The molecule has 0 saturated heterocycles. The lowest BCUT2D eigenvalue weighted by Crippen LogP contribution is -2.29. The second kappa shape index (κ2) is 10.4. The summed E-state index contributed by atoms with van der Waals surface area (Å²) in [5.74, 6) is 0.415. The third-order valence-corrected chi connectivity index (χ3v) is 8.28. The van der Waals surface area contributed by atoms with Crippen molar-refractivity contribution < 1.29 is 0 Å². The van der Waals surface area contributed by atoms with Crippen LogP contribution in [0.25, 0.3) is 0 Å². The Labute approximate surface area is 244 Å². The van der Waals surface area contributed by atoms with Gasteiger partial charge in [0.05, 0.1) is 0 Å². The number of hydrogen-bond donors (Lipinski definition) is 0. The first kappa shape index (κ1) is 33.6. The summed E-state index contributed by atoms with van der Waals surface area (Å²) < 4.78 is 0. The quantitative estimate of drug-likeness (QED) is 0.369. The molecule has 0 amide bonds. The fraction of sp³-hybridized carbons (Fsp3) is 0.692. The Kier molecular flexibility index (Phi) is 8.94. The van der Waals surface area contributed by atoms with Crippen LogP contribution in [-0.4, -0.2) is 0 Å². The van der Waals surface area contributed by atoms with Crippen LogP contribution in [0.5, 0.6) is 0 Å². The highest BCUT2D eigenvalue weighted by atomic mass is 14.4. The van der Waals surface area contributed by atoms with Gasteiger partial charge in [0.25, 0.3) is 0 Å². The van der Waals surface area contributed by atoms with Crippen LogP contribution in [0.3, 0.4) is 0 Å². The minimum atomic E-state index is 0.0716. The van der Waals surface area contributed by atoms with Crippen LogP contribution in [0.2, 0.25) is 0 Å². The number of rotatable bonds is 3. The standard InChI is InChI=1S/C39H64/c1-25(26-23-30(36(8,9)10)33(39(17,18)19)31(24-26)37(11,12)13)22-27-28(34(2,3)4)20-21-29(35(5,6)7)32(27)38(14,15)16/h20-21,23-25H,22H2,1-19H3. The maximum absolute atomic E-state index is 2.57. The summed E-state index contributed by atoms with van der Waals surface area (Å²) >= 11 is 0. The summed E-state index contributed by atoms with van der Waals surface area (Å²) in [5.41, 5.74) is 12.7. The molecule has 0 heterocycles. The van der Waals surface area contributed by atoms with Gasteiger partial charge in [0.15, 0.2) is 0 Å². The Bertz CT molecular complexity index is 1120. The van der Waals surface area contributed by atoms with Crippen molar-refractivity contribution in [2.75, 3.05) is 0 Å². The lowest BCUT2D eigenvalue weighted by molar-refractivity contribution is 0.494. The van der Waals surface area contributed by atoms with Gasteiger partial charge in [-0.15, -0.1) is 0 Å². The summed E-state index contributed by atoms with van der Waals surface area (Å²) in [6.45, 7) is 45.5. The molecule has 0 fully saturated rings. The zero-order chi connectivity index (χ0) is 30.7. The van der Waals surface area contributed by atoms with Crippen LogP contribution in [0.4, 0.5) is 0 Å². The van der Waals surface area contributed by atoms with Crippen molar-refractivity contribution >= 4 is 0 Å². The van der Waals surface area contributed by atoms with Gasteiger partial charge >= 0.3 is 0 Å². The highest BCUT2D eigenvalue weighted by Gasteiger charge is 2.35. The molecule has 0 nitrogen and oxygen atoms in total. The summed E-state index contributed by atoms with van der Waals surface area (Å²) in [7, 11) is 0. The lowest BCUT2D eigenvalue weighted by Gasteiger charge is -2.38. The van der Waals surface area contributed by atoms with Gasteiger partial charge in [-0.1, -0.05) is 156 Å². The molecule has 39 heavy (non-hydrogen) atoms. The Balaban J connectivity index is 2.95. The van der Waals surface area contributed by atoms with E-state index >= 15 is 0 Å². The molecule has 0 heteroatoms. The van der Waals surface area contributed by atoms with Gasteiger partial charge in [0, 0.05) is 0 Å². The molecular formula is C39H64. The predicted octanol–water partition coefficient (Wildman–Crippen LogP) is 11.8. The molecule has 1 atom stereocenters. The SMILES string of the molecule is CC(Cc1c(C(C)(C)C)ccc(C(C)(C)C)c1C(C)(C)C)c1cc(C(C)(C)C)c(C(C)(C)C)c(C(C)(C)C)c1. The average Bonchev–Trinajstić information content (AvgIpc) is 2.68. The highest BCUT2D eigenvalue weighted by Crippen LogP contribution is 2.45. The molecule has 0 aliphatic rings. The van der Waals surface area contributed by atoms with Gasteiger partial charge in [0.2, 0.25) is 0 Å². The fourth-order valence-electron chi connectivity index (χ4n) is 6.41. The van der Waals surface area contributed by atoms with Gasteiger partial charge in [-0.2, -0.15) is 0 Å². The van der Waals surface area contributed by atoms with E-state index in [4.69, 9.17) is 0 Å². The minimum absolute atomic E-state index is 0.0716. The maximum atomic E-state index is 2.57. The molecule has 0 spiro atoms. The van der Waals surface area contributed by atoms with Crippen molar-refractivity contribution in [3.8, 4) is 0 Å². The lowest BCUT2D eigenvalue weighted by atomic mass is 9.66. The Morgan fingerprint density at radius 1 is 0.436 bits per heavy atom. The molecule has 2 rings (SSSR count). The molecule has 0 radical (unpaired) electrons. The third kappa shape index (κ3) is 7.59. The van der Waals surface area contributed by atoms with E-state index in [1.807, 2.05) is 0 Å². The molecule has 0 aliphatic heterocycles. The zero-order valence-electron chi connectivity index (χ0n) is 29.6. The van der Waals surface area contributed by atoms with Gasteiger partial charge in [-0.3, -0.25) is 0 Å². The third-order valence-electron chi connectivity index (χ3n) is 8.28. The van der Waals surface area contributed by atoms with E-state index in [1.54, 1.807) is 16.7 Å². The Morgan fingerprint density at radius 3 is 1.08 bits per heavy atom. The molecule has 1 unspecified atom stereocenters. The van der Waals surface area contributed by atoms with Crippen molar-refractivity contribution in [3.63, 3.8) is 0 Å². The van der Waals surface area contributed by atoms with Crippen LogP contribution < -0.4 is 0 Å². The van der Waals surface area contributed by atoms with Crippen LogP contribution in [0.1, 0.15) is 182 Å². The van der Waals surface area contributed by atoms with E-state index in [0.29, 0.717) is 5.92 Å². The highest BCUT2D eigenvalue weighted by molar-refractivity contribution is 5.53. The monoisotopic (exact) mass is 533 g/mol. The number of hydrogen-bond acceptors (Lipinski definition) is 0. The summed E-state index contributed by atoms with van der Waals surface area (Å²) in [6, 6.07) is 10.0. The van der Waals surface area contributed by atoms with Crippen molar-refractivity contribution in [1.82, 2.24) is 0 Å². The topological polar surface area (TPSA) is 0 Å². The first-order chi connectivity index (χ1) is 17.1. The normalized spacial score (nSPS) is 15.1. The molecule has 0 bridgehead atoms. The number of benzene rings is 2. The van der Waals surface area contributed by atoms with E-state index in [2.05, 4.69) is 156 Å². The first-order valence-corrected chi connectivity index (χ1v) is 15.4. The second-order valence-corrected chi connectivity index (χ2v) is 18.6. The first-order valence-electron chi connectivity index (χ1n) is 15.4. The van der Waals surface area contributed by atoms with Crippen molar-refractivity contribution in [3.05, 3.63) is 68.8 Å². The minimum Gasteiger partial charge on any atom is -0.0581 e. The van der Waals surface area contributed by atoms with Gasteiger partial charge in [0.1, 0.15) is 0 Å². The van der Waals surface area contributed by atoms with E-state index < -0.39 is 0 Å². The van der Waals surface area contributed by atoms with Crippen LogP contribution in [0, 0.1) is 0 Å². The van der Waals surface area contributed by atoms with Gasteiger partial charge in [-0.25, -0.2) is 0 Å². The molecule has 220 valence electrons. The van der Waals surface area contributed by atoms with E-state index in [0.717, 1.165) is 6.42 Å². The van der Waals surface area contributed by atoms with Crippen LogP contribution >= 0.6 is 0 Å². The van der Waals surface area contributed by atoms with Crippen LogP contribution in [-0.2, 0) is 38.9 Å². The fourth-order valence-corrected chi connectivity index (χ4v) is 6.41. The largest absolute Gasteiger partial charge is 0.0581 e. The van der Waals surface area contributed by atoms with Crippen LogP contribution in [0.15, 0.2) is 24.3 Å². The van der Waals surface area contributed by atoms with Crippen molar-refractivity contribution in [2.45, 2.75) is 176 Å². The molecule has 2 aromatic carbocycles. The Hall–Kier alpha value is -1.56. The molecule has 0 aromatic heterocycles. The average molecular weight is 533 g/mol.